The normalized spacial score (nSPS) is 11.1. The van der Waals surface area contributed by atoms with Crippen LogP contribution >= 0.6 is 0 Å². The fourth-order valence-corrected chi connectivity index (χ4v) is 4.46. The van der Waals surface area contributed by atoms with Crippen LogP contribution in [-0.2, 0) is 13.5 Å². The minimum atomic E-state index is -0.584. The van der Waals surface area contributed by atoms with Crippen LogP contribution in [0.25, 0.3) is 22.3 Å². The molecule has 5 aromatic rings. The highest BCUT2D eigenvalue weighted by Crippen LogP contribution is 2.31. The van der Waals surface area contributed by atoms with E-state index < -0.39 is 11.8 Å². The lowest BCUT2D eigenvalue weighted by molar-refractivity contribution is 0.0995. The van der Waals surface area contributed by atoms with E-state index >= 15 is 0 Å². The summed E-state index contributed by atoms with van der Waals surface area (Å²) in [5, 5.41) is 11.3. The Morgan fingerprint density at radius 2 is 1.86 bits per heavy atom. The molecule has 5 rings (SSSR count). The van der Waals surface area contributed by atoms with Gasteiger partial charge in [0.05, 0.1) is 11.2 Å². The van der Waals surface area contributed by atoms with E-state index in [0.29, 0.717) is 29.1 Å². The largest absolute Gasteiger partial charge is 0.366 e. The van der Waals surface area contributed by atoms with Crippen LogP contribution in [-0.4, -0.2) is 40.8 Å². The van der Waals surface area contributed by atoms with Crippen molar-refractivity contribution in [2.45, 2.75) is 20.3 Å². The summed E-state index contributed by atoms with van der Waals surface area (Å²) in [6.07, 6.45) is 3.81. The summed E-state index contributed by atoms with van der Waals surface area (Å²) in [5.41, 5.74) is 10.1. The molecule has 0 bridgehead atoms. The van der Waals surface area contributed by atoms with Gasteiger partial charge in [0.2, 0.25) is 5.91 Å². The maximum atomic E-state index is 13.2. The molecule has 0 unspecified atom stereocenters. The molecule has 2 aromatic carbocycles. The minimum Gasteiger partial charge on any atom is -0.366 e. The number of hydrogen-bond donors (Lipinski definition) is 2. The smallest absolute Gasteiger partial charge is 0.350 e. The van der Waals surface area contributed by atoms with Crippen molar-refractivity contribution in [3.8, 4) is 16.8 Å². The summed E-state index contributed by atoms with van der Waals surface area (Å²) in [7, 11) is 1.61. The summed E-state index contributed by atoms with van der Waals surface area (Å²) >= 11 is 0. The molecule has 0 spiro atoms. The molecule has 0 aliphatic heterocycles. The van der Waals surface area contributed by atoms with E-state index in [0.717, 1.165) is 16.7 Å². The summed E-state index contributed by atoms with van der Waals surface area (Å²) in [5.74, 6) is -0.425. The maximum absolute atomic E-state index is 13.2. The fourth-order valence-electron chi connectivity index (χ4n) is 4.46. The zero-order valence-electron chi connectivity index (χ0n) is 20.5. The molecule has 11 nitrogen and oxygen atoms in total. The SMILES string of the molecule is CCc1c(-c2ccc(-n3c(C)nn(C)c3=O)cc2)cn2ncnc(C(=O)Nc3cccc(C(N)=O)c3)c12. The van der Waals surface area contributed by atoms with Crippen molar-refractivity contribution in [2.75, 3.05) is 5.32 Å². The molecule has 0 aliphatic carbocycles. The third-order valence-corrected chi connectivity index (χ3v) is 6.18. The van der Waals surface area contributed by atoms with Gasteiger partial charge in [-0.3, -0.25) is 9.59 Å². The van der Waals surface area contributed by atoms with E-state index in [1.54, 1.807) is 41.3 Å². The van der Waals surface area contributed by atoms with Gasteiger partial charge in [-0.1, -0.05) is 25.1 Å². The van der Waals surface area contributed by atoms with Crippen molar-refractivity contribution >= 4 is 23.0 Å². The third kappa shape index (κ3) is 4.16. The topological polar surface area (TPSA) is 142 Å². The summed E-state index contributed by atoms with van der Waals surface area (Å²) in [4.78, 5) is 41.4. The Morgan fingerprint density at radius 1 is 1.11 bits per heavy atom. The molecule has 0 fully saturated rings. The highest BCUT2D eigenvalue weighted by Gasteiger charge is 2.21. The number of hydrogen-bond acceptors (Lipinski definition) is 6. The molecule has 11 heteroatoms. The Morgan fingerprint density at radius 3 is 2.51 bits per heavy atom. The molecule has 3 heterocycles. The zero-order valence-corrected chi connectivity index (χ0v) is 20.5. The van der Waals surface area contributed by atoms with Crippen LogP contribution < -0.4 is 16.7 Å². The van der Waals surface area contributed by atoms with Crippen LogP contribution in [0, 0.1) is 6.92 Å². The second kappa shape index (κ2) is 9.19. The van der Waals surface area contributed by atoms with Crippen LogP contribution in [0.2, 0.25) is 0 Å². The average Bonchev–Trinajstić information content (AvgIpc) is 3.39. The molecule has 0 aliphatic rings. The van der Waals surface area contributed by atoms with Gasteiger partial charge in [-0.25, -0.2) is 23.5 Å². The molecule has 3 aromatic heterocycles. The van der Waals surface area contributed by atoms with Crippen molar-refractivity contribution in [1.82, 2.24) is 28.9 Å². The monoisotopic (exact) mass is 496 g/mol. The predicted octanol–water partition coefficient (Wildman–Crippen LogP) is 2.50. The van der Waals surface area contributed by atoms with Gasteiger partial charge in [-0.2, -0.15) is 10.2 Å². The van der Waals surface area contributed by atoms with Crippen LogP contribution in [0.15, 0.2) is 65.8 Å². The average molecular weight is 497 g/mol. The molecule has 0 saturated heterocycles. The van der Waals surface area contributed by atoms with Crippen LogP contribution in [0.5, 0.6) is 0 Å². The second-order valence-corrected chi connectivity index (χ2v) is 8.51. The van der Waals surface area contributed by atoms with E-state index in [2.05, 4.69) is 20.5 Å². The Kier molecular flexibility index (Phi) is 5.88. The number of anilines is 1. The number of nitrogens with zero attached hydrogens (tertiary/aromatic N) is 6. The Hall–Kier alpha value is -5.06. The van der Waals surface area contributed by atoms with Gasteiger partial charge in [-0.05, 0) is 54.8 Å². The van der Waals surface area contributed by atoms with Crippen molar-refractivity contribution in [1.29, 1.82) is 0 Å². The lowest BCUT2D eigenvalue weighted by atomic mass is 10.0. The second-order valence-electron chi connectivity index (χ2n) is 8.51. The van der Waals surface area contributed by atoms with Crippen LogP contribution in [0.1, 0.15) is 39.2 Å². The summed E-state index contributed by atoms with van der Waals surface area (Å²) in [6.45, 7) is 3.78. The molecular weight excluding hydrogens is 472 g/mol. The van der Waals surface area contributed by atoms with E-state index in [1.165, 1.54) is 17.1 Å². The van der Waals surface area contributed by atoms with E-state index in [9.17, 15) is 14.4 Å². The van der Waals surface area contributed by atoms with Gasteiger partial charge in [0.1, 0.15) is 12.2 Å². The molecule has 3 N–H and O–H groups in total. The van der Waals surface area contributed by atoms with Gasteiger partial charge >= 0.3 is 5.69 Å². The number of rotatable bonds is 6. The molecule has 186 valence electrons. The quantitative estimate of drug-likeness (QED) is 0.370. The van der Waals surface area contributed by atoms with Gasteiger partial charge in [0, 0.05) is 30.1 Å². The van der Waals surface area contributed by atoms with Crippen molar-refractivity contribution in [2.24, 2.45) is 12.8 Å². The highest BCUT2D eigenvalue weighted by atomic mass is 16.2. The third-order valence-electron chi connectivity index (χ3n) is 6.18. The Bertz CT molecular complexity index is 1730. The number of nitrogens with two attached hydrogens (primary N) is 1. The molecule has 37 heavy (non-hydrogen) atoms. The number of amides is 2. The zero-order chi connectivity index (χ0) is 26.3. The molecule has 0 atom stereocenters. The molecular formula is C26H24N8O3. The first-order valence-corrected chi connectivity index (χ1v) is 11.6. The van der Waals surface area contributed by atoms with Crippen molar-refractivity contribution in [3.63, 3.8) is 0 Å². The van der Waals surface area contributed by atoms with Gasteiger partial charge < -0.3 is 11.1 Å². The first-order chi connectivity index (χ1) is 17.8. The number of fused-ring (bicyclic) bond motifs is 1. The Labute approximate surface area is 211 Å². The highest BCUT2D eigenvalue weighted by molar-refractivity contribution is 6.09. The van der Waals surface area contributed by atoms with Gasteiger partial charge in [-0.15, -0.1) is 0 Å². The molecule has 2 amide bonds. The minimum absolute atomic E-state index is 0.205. The fraction of sp³-hybridized carbons (Fsp3) is 0.154. The van der Waals surface area contributed by atoms with Crippen LogP contribution in [0.4, 0.5) is 5.69 Å². The molecule has 0 radical (unpaired) electrons. The van der Waals surface area contributed by atoms with E-state index in [-0.39, 0.29) is 16.9 Å². The predicted molar refractivity (Wildman–Crippen MR) is 138 cm³/mol. The summed E-state index contributed by atoms with van der Waals surface area (Å²) in [6, 6.07) is 14.0. The number of aromatic nitrogens is 6. The van der Waals surface area contributed by atoms with E-state index in [4.69, 9.17) is 5.73 Å². The number of carbonyl (C=O) groups excluding carboxylic acids is 2. The van der Waals surface area contributed by atoms with Crippen molar-refractivity contribution < 1.29 is 9.59 Å². The van der Waals surface area contributed by atoms with Crippen molar-refractivity contribution in [3.05, 3.63) is 94.2 Å². The Balaban J connectivity index is 1.54. The first-order valence-electron chi connectivity index (χ1n) is 11.6. The number of aryl methyl sites for hydroxylation is 3. The number of carbonyl (C=O) groups is 2. The van der Waals surface area contributed by atoms with Crippen LogP contribution in [0.3, 0.4) is 0 Å². The number of benzene rings is 2. The van der Waals surface area contributed by atoms with Gasteiger partial charge in [0.25, 0.3) is 5.91 Å². The standard InChI is InChI=1S/C26H24N8O3/c1-4-20-21(16-8-10-19(11-9-16)34-15(2)31-32(3)26(34)37)13-33-23(20)22(28-14-29-33)25(36)30-18-7-5-6-17(12-18)24(27)35/h5-14H,4H2,1-3H3,(H2,27,35)(H,30,36). The maximum Gasteiger partial charge on any atom is 0.350 e. The van der Waals surface area contributed by atoms with Gasteiger partial charge in [0.15, 0.2) is 5.69 Å². The number of nitrogens with one attached hydrogen (secondary N) is 1. The summed E-state index contributed by atoms with van der Waals surface area (Å²) < 4.78 is 4.48. The lowest BCUT2D eigenvalue weighted by Gasteiger charge is -2.09. The van der Waals surface area contributed by atoms with E-state index in [1.807, 2.05) is 37.4 Å². The molecule has 0 saturated carbocycles. The first kappa shape index (κ1) is 23.7. The lowest BCUT2D eigenvalue weighted by Crippen LogP contribution is -2.21. The number of primary amides is 1.